The highest BCUT2D eigenvalue weighted by Gasteiger charge is 2.33. The highest BCUT2D eigenvalue weighted by molar-refractivity contribution is 7.89. The summed E-state index contributed by atoms with van der Waals surface area (Å²) < 4.78 is 40.9. The van der Waals surface area contributed by atoms with Crippen LogP contribution in [0.4, 0.5) is 10.1 Å². The Morgan fingerprint density at radius 1 is 1.23 bits per heavy atom. The minimum atomic E-state index is -3.91. The molecule has 1 fully saturated rings. The number of nitro benzene ring substituents is 1. The van der Waals surface area contributed by atoms with E-state index in [1.165, 1.54) is 22.5 Å². The second kappa shape index (κ2) is 8.88. The summed E-state index contributed by atoms with van der Waals surface area (Å²) in [7, 11) is -3.91. The average Bonchev–Trinajstić information content (AvgIpc) is 2.73. The molecule has 1 N–H and O–H groups in total. The van der Waals surface area contributed by atoms with Crippen molar-refractivity contribution in [3.8, 4) is 0 Å². The van der Waals surface area contributed by atoms with Crippen LogP contribution in [0, 0.1) is 28.8 Å². The maximum Gasteiger partial charge on any atom is 0.270 e. The number of non-ortho nitro benzene ring substituents is 1. The van der Waals surface area contributed by atoms with Crippen LogP contribution in [0.15, 0.2) is 47.4 Å². The molecule has 1 aliphatic heterocycles. The monoisotopic (exact) mass is 435 g/mol. The number of sulfonamides is 1. The number of aryl methyl sites for hydroxylation is 1. The number of hydrogen-bond donors (Lipinski definition) is 1. The van der Waals surface area contributed by atoms with E-state index in [2.05, 4.69) is 5.32 Å². The standard InChI is InChI=1S/C20H22FN3O5S/c1-14-6-7-17(24(26)27)12-19(14)30(28,29)23-10-8-15(9-11-23)20(25)22-13-16-4-2-3-5-18(16)21/h2-7,12,15H,8-11,13H2,1H3,(H,22,25). The Morgan fingerprint density at radius 3 is 2.53 bits per heavy atom. The molecule has 0 spiro atoms. The van der Waals surface area contributed by atoms with Crippen LogP contribution in [-0.4, -0.2) is 36.6 Å². The molecule has 30 heavy (non-hydrogen) atoms. The molecule has 0 saturated carbocycles. The van der Waals surface area contributed by atoms with Crippen LogP contribution in [0.1, 0.15) is 24.0 Å². The molecule has 2 aromatic rings. The number of carbonyl (C=O) groups excluding carboxylic acids is 1. The summed E-state index contributed by atoms with van der Waals surface area (Å²) in [5.74, 6) is -1.03. The molecule has 1 saturated heterocycles. The fourth-order valence-corrected chi connectivity index (χ4v) is 5.16. The Labute approximate surface area is 173 Å². The third-order valence-electron chi connectivity index (χ3n) is 5.24. The maximum atomic E-state index is 13.7. The molecular weight excluding hydrogens is 413 g/mol. The lowest BCUT2D eigenvalue weighted by Gasteiger charge is -2.30. The van der Waals surface area contributed by atoms with Gasteiger partial charge in [0.05, 0.1) is 9.82 Å². The number of nitro groups is 1. The summed E-state index contributed by atoms with van der Waals surface area (Å²) in [6.07, 6.45) is 0.632. The zero-order valence-corrected chi connectivity index (χ0v) is 17.2. The third-order valence-corrected chi connectivity index (χ3v) is 7.28. The smallest absolute Gasteiger partial charge is 0.270 e. The van der Waals surface area contributed by atoms with Crippen LogP contribution < -0.4 is 5.32 Å². The van der Waals surface area contributed by atoms with E-state index in [1.54, 1.807) is 25.1 Å². The summed E-state index contributed by atoms with van der Waals surface area (Å²) in [6.45, 7) is 1.90. The number of nitrogens with zero attached hydrogens (tertiary/aromatic N) is 2. The number of piperidine rings is 1. The summed E-state index contributed by atoms with van der Waals surface area (Å²) in [6, 6.07) is 9.91. The summed E-state index contributed by atoms with van der Waals surface area (Å²) >= 11 is 0. The number of halogens is 1. The molecule has 160 valence electrons. The predicted octanol–water partition coefficient (Wildman–Crippen LogP) is 2.76. The van der Waals surface area contributed by atoms with E-state index in [1.807, 2.05) is 0 Å². The molecule has 0 aliphatic carbocycles. The summed E-state index contributed by atoms with van der Waals surface area (Å²) in [4.78, 5) is 22.7. The normalized spacial score (nSPS) is 15.7. The Hall–Kier alpha value is -2.85. The van der Waals surface area contributed by atoms with E-state index >= 15 is 0 Å². The van der Waals surface area contributed by atoms with Crippen molar-refractivity contribution < 1.29 is 22.5 Å². The van der Waals surface area contributed by atoms with Crippen LogP contribution in [0.5, 0.6) is 0 Å². The first-order chi connectivity index (χ1) is 14.2. The van der Waals surface area contributed by atoms with E-state index < -0.39 is 20.8 Å². The lowest BCUT2D eigenvalue weighted by molar-refractivity contribution is -0.385. The topological polar surface area (TPSA) is 110 Å². The predicted molar refractivity (Wildman–Crippen MR) is 108 cm³/mol. The van der Waals surface area contributed by atoms with E-state index in [4.69, 9.17) is 0 Å². The first kappa shape index (κ1) is 21.8. The van der Waals surface area contributed by atoms with Crippen LogP contribution in [0.3, 0.4) is 0 Å². The first-order valence-electron chi connectivity index (χ1n) is 9.46. The van der Waals surface area contributed by atoms with Gasteiger partial charge >= 0.3 is 0 Å². The molecule has 10 heteroatoms. The van der Waals surface area contributed by atoms with Crippen LogP contribution >= 0.6 is 0 Å². The van der Waals surface area contributed by atoms with Crippen LogP contribution in [-0.2, 0) is 21.4 Å². The Kier molecular flexibility index (Phi) is 6.47. The molecule has 0 bridgehead atoms. The van der Waals surface area contributed by atoms with Crippen molar-refractivity contribution in [2.24, 2.45) is 5.92 Å². The average molecular weight is 435 g/mol. The molecule has 0 aromatic heterocycles. The van der Waals surface area contributed by atoms with Crippen LogP contribution in [0.2, 0.25) is 0 Å². The maximum absolute atomic E-state index is 13.7. The van der Waals surface area contributed by atoms with Crippen molar-refractivity contribution in [2.75, 3.05) is 13.1 Å². The van der Waals surface area contributed by atoms with Gasteiger partial charge in [-0.05, 0) is 31.4 Å². The zero-order chi connectivity index (χ0) is 21.9. The van der Waals surface area contributed by atoms with Gasteiger partial charge < -0.3 is 5.32 Å². The van der Waals surface area contributed by atoms with E-state index in [9.17, 15) is 27.7 Å². The lowest BCUT2D eigenvalue weighted by Crippen LogP contribution is -2.43. The van der Waals surface area contributed by atoms with Crippen molar-refractivity contribution in [1.82, 2.24) is 9.62 Å². The lowest BCUT2D eigenvalue weighted by atomic mass is 9.97. The Bertz CT molecular complexity index is 1070. The van der Waals surface area contributed by atoms with Gasteiger partial charge in [0, 0.05) is 43.2 Å². The summed E-state index contributed by atoms with van der Waals surface area (Å²) in [5.41, 5.74) is 0.513. The van der Waals surface area contributed by atoms with Crippen molar-refractivity contribution in [2.45, 2.75) is 31.2 Å². The number of hydrogen-bond acceptors (Lipinski definition) is 5. The molecule has 0 atom stereocenters. The van der Waals surface area contributed by atoms with Gasteiger partial charge in [-0.2, -0.15) is 4.31 Å². The minimum Gasteiger partial charge on any atom is -0.352 e. The van der Waals surface area contributed by atoms with E-state index in [-0.39, 0.29) is 42.0 Å². The van der Waals surface area contributed by atoms with Gasteiger partial charge in [0.1, 0.15) is 5.82 Å². The number of carbonyl (C=O) groups is 1. The van der Waals surface area contributed by atoms with Gasteiger partial charge in [0.2, 0.25) is 15.9 Å². The second-order valence-electron chi connectivity index (χ2n) is 7.19. The van der Waals surface area contributed by atoms with Crippen molar-refractivity contribution in [3.63, 3.8) is 0 Å². The van der Waals surface area contributed by atoms with Crippen molar-refractivity contribution in [1.29, 1.82) is 0 Å². The largest absolute Gasteiger partial charge is 0.352 e. The van der Waals surface area contributed by atoms with Gasteiger partial charge in [-0.25, -0.2) is 12.8 Å². The highest BCUT2D eigenvalue weighted by atomic mass is 32.2. The molecule has 0 radical (unpaired) electrons. The van der Waals surface area contributed by atoms with Crippen molar-refractivity contribution >= 4 is 21.6 Å². The molecule has 1 aliphatic rings. The number of nitrogens with one attached hydrogen (secondary N) is 1. The molecule has 1 amide bonds. The van der Waals surface area contributed by atoms with Gasteiger partial charge in [-0.15, -0.1) is 0 Å². The van der Waals surface area contributed by atoms with Gasteiger partial charge in [-0.1, -0.05) is 24.3 Å². The fourth-order valence-electron chi connectivity index (χ4n) is 3.45. The van der Waals surface area contributed by atoms with E-state index in [0.717, 1.165) is 6.07 Å². The fraction of sp³-hybridized carbons (Fsp3) is 0.350. The Morgan fingerprint density at radius 2 is 1.90 bits per heavy atom. The van der Waals surface area contributed by atoms with Crippen LogP contribution in [0.25, 0.3) is 0 Å². The molecule has 2 aromatic carbocycles. The highest BCUT2D eigenvalue weighted by Crippen LogP contribution is 2.28. The molecule has 1 heterocycles. The first-order valence-corrected chi connectivity index (χ1v) is 10.9. The molecule has 3 rings (SSSR count). The summed E-state index contributed by atoms with van der Waals surface area (Å²) in [5, 5.41) is 13.7. The molecular formula is C20H22FN3O5S. The van der Waals surface area contributed by atoms with E-state index in [0.29, 0.717) is 24.0 Å². The third kappa shape index (κ3) is 4.65. The molecule has 8 nitrogen and oxygen atoms in total. The van der Waals surface area contributed by atoms with Gasteiger partial charge in [-0.3, -0.25) is 14.9 Å². The quantitative estimate of drug-likeness (QED) is 0.554. The SMILES string of the molecule is Cc1ccc([N+](=O)[O-])cc1S(=O)(=O)N1CCC(C(=O)NCc2ccccc2F)CC1. The number of benzene rings is 2. The Balaban J connectivity index is 1.63. The molecule has 0 unspecified atom stereocenters. The van der Waals surface area contributed by atoms with Gasteiger partial charge in [0.25, 0.3) is 5.69 Å². The van der Waals surface area contributed by atoms with Crippen molar-refractivity contribution in [3.05, 3.63) is 69.5 Å². The minimum absolute atomic E-state index is 0.0664. The van der Waals surface area contributed by atoms with Gasteiger partial charge in [0.15, 0.2) is 0 Å². The second-order valence-corrected chi connectivity index (χ2v) is 9.10. The number of amides is 1. The zero-order valence-electron chi connectivity index (χ0n) is 16.4. The number of rotatable bonds is 6.